The fraction of sp³-hybridized carbons (Fsp3) is 0.500. The van der Waals surface area contributed by atoms with Crippen LogP contribution in [-0.4, -0.2) is 25.3 Å². The summed E-state index contributed by atoms with van der Waals surface area (Å²) >= 11 is 0. The van der Waals surface area contributed by atoms with Gasteiger partial charge in [-0.1, -0.05) is 0 Å². The lowest BCUT2D eigenvalue weighted by atomic mass is 10.1. The molecule has 2 atom stereocenters. The van der Waals surface area contributed by atoms with Crippen LogP contribution in [-0.2, 0) is 10.0 Å². The Morgan fingerprint density at radius 3 is 2.76 bits per heavy atom. The van der Waals surface area contributed by atoms with Crippen molar-refractivity contribution in [3.05, 3.63) is 30.1 Å². The highest BCUT2D eigenvalue weighted by Crippen LogP contribution is 2.20. The van der Waals surface area contributed by atoms with Crippen LogP contribution in [0.5, 0.6) is 0 Å². The van der Waals surface area contributed by atoms with Crippen molar-refractivity contribution in [2.75, 3.05) is 5.75 Å². The number of aromatic nitrogens is 1. The van der Waals surface area contributed by atoms with E-state index >= 15 is 0 Å². The zero-order chi connectivity index (χ0) is 12.3. The summed E-state index contributed by atoms with van der Waals surface area (Å²) in [5.74, 6) is 0.0884. The normalized spacial score (nSPS) is 25.0. The number of hydrazine groups is 1. The maximum absolute atomic E-state index is 11.4. The first kappa shape index (κ1) is 12.4. The minimum atomic E-state index is -3.17. The van der Waals surface area contributed by atoms with E-state index in [-0.39, 0.29) is 18.0 Å². The van der Waals surface area contributed by atoms with Crippen molar-refractivity contribution >= 4 is 10.0 Å². The quantitative estimate of drug-likeness (QED) is 0.700. The second kappa shape index (κ2) is 5.09. The first-order valence-corrected chi connectivity index (χ1v) is 7.17. The van der Waals surface area contributed by atoms with Crippen LogP contribution in [0.4, 0.5) is 0 Å². The van der Waals surface area contributed by atoms with Crippen molar-refractivity contribution in [3.63, 3.8) is 0 Å². The average Bonchev–Trinajstić information content (AvgIpc) is 2.78. The molecular formula is C10H16N4O2S. The summed E-state index contributed by atoms with van der Waals surface area (Å²) in [5, 5.41) is 0. The van der Waals surface area contributed by atoms with Gasteiger partial charge in [0.25, 0.3) is 0 Å². The standard InChI is InChI=1S/C10H16N4O2S/c1-2-17(15,16)14-10-7-9(12-13-10)8-3-5-11-6-4-8/h3-6,9-10,12-14H,2,7H2,1H3. The summed E-state index contributed by atoms with van der Waals surface area (Å²) in [5.41, 5.74) is 7.09. The Labute approximate surface area is 101 Å². The molecule has 0 bridgehead atoms. The molecule has 2 unspecified atom stereocenters. The summed E-state index contributed by atoms with van der Waals surface area (Å²) in [6.45, 7) is 1.62. The van der Waals surface area contributed by atoms with Gasteiger partial charge in [0.1, 0.15) is 0 Å². The van der Waals surface area contributed by atoms with Gasteiger partial charge in [-0.2, -0.15) is 4.72 Å². The summed E-state index contributed by atoms with van der Waals surface area (Å²) in [6.07, 6.45) is 3.85. The van der Waals surface area contributed by atoms with Crippen molar-refractivity contribution in [3.8, 4) is 0 Å². The number of nitrogens with zero attached hydrogens (tertiary/aromatic N) is 1. The van der Waals surface area contributed by atoms with Crippen LogP contribution in [0.25, 0.3) is 0 Å². The Hall–Kier alpha value is -1.02. The molecule has 1 fully saturated rings. The van der Waals surface area contributed by atoms with E-state index in [0.717, 1.165) is 5.56 Å². The highest BCUT2D eigenvalue weighted by atomic mass is 32.2. The van der Waals surface area contributed by atoms with E-state index in [4.69, 9.17) is 0 Å². The molecule has 2 rings (SSSR count). The lowest BCUT2D eigenvalue weighted by Crippen LogP contribution is -2.44. The van der Waals surface area contributed by atoms with Gasteiger partial charge in [-0.15, -0.1) is 0 Å². The molecule has 3 N–H and O–H groups in total. The lowest BCUT2D eigenvalue weighted by Gasteiger charge is -2.11. The highest BCUT2D eigenvalue weighted by Gasteiger charge is 2.27. The first-order valence-electron chi connectivity index (χ1n) is 5.51. The molecule has 6 nitrogen and oxygen atoms in total. The van der Waals surface area contributed by atoms with Crippen LogP contribution < -0.4 is 15.6 Å². The predicted octanol–water partition coefficient (Wildman–Crippen LogP) is -0.114. The van der Waals surface area contributed by atoms with E-state index in [1.54, 1.807) is 19.3 Å². The fourth-order valence-electron chi connectivity index (χ4n) is 1.75. The van der Waals surface area contributed by atoms with E-state index < -0.39 is 10.0 Å². The molecule has 17 heavy (non-hydrogen) atoms. The number of nitrogens with one attached hydrogen (secondary N) is 3. The Balaban J connectivity index is 1.97. The van der Waals surface area contributed by atoms with E-state index in [9.17, 15) is 8.42 Å². The summed E-state index contributed by atoms with van der Waals surface area (Å²) in [7, 11) is -3.17. The van der Waals surface area contributed by atoms with Crippen LogP contribution >= 0.6 is 0 Å². The van der Waals surface area contributed by atoms with E-state index in [1.165, 1.54) is 0 Å². The molecule has 94 valence electrons. The van der Waals surface area contributed by atoms with Gasteiger partial charge in [-0.3, -0.25) is 4.98 Å². The third-order valence-corrected chi connectivity index (χ3v) is 4.12. The van der Waals surface area contributed by atoms with Gasteiger partial charge in [0.2, 0.25) is 10.0 Å². The zero-order valence-electron chi connectivity index (χ0n) is 9.55. The van der Waals surface area contributed by atoms with Crippen LogP contribution in [0.1, 0.15) is 24.9 Å². The van der Waals surface area contributed by atoms with Gasteiger partial charge >= 0.3 is 0 Å². The minimum Gasteiger partial charge on any atom is -0.265 e. The Kier molecular flexibility index (Phi) is 3.72. The monoisotopic (exact) mass is 256 g/mol. The molecule has 0 radical (unpaired) electrons. The number of hydrogen-bond acceptors (Lipinski definition) is 5. The van der Waals surface area contributed by atoms with Crippen LogP contribution in [0, 0.1) is 0 Å². The molecule has 1 saturated heterocycles. The Bertz CT molecular complexity index is 462. The smallest absolute Gasteiger partial charge is 0.212 e. The third kappa shape index (κ3) is 3.22. The molecule has 1 aliphatic heterocycles. The molecule has 1 aromatic heterocycles. The second-order valence-corrected chi connectivity index (χ2v) is 5.97. The molecule has 0 amide bonds. The van der Waals surface area contributed by atoms with Crippen LogP contribution in [0.2, 0.25) is 0 Å². The Morgan fingerprint density at radius 1 is 1.41 bits per heavy atom. The van der Waals surface area contributed by atoms with Crippen molar-refractivity contribution in [1.29, 1.82) is 0 Å². The summed E-state index contributed by atoms with van der Waals surface area (Å²) in [6, 6.07) is 3.93. The maximum atomic E-state index is 11.4. The molecule has 1 aromatic rings. The van der Waals surface area contributed by atoms with Crippen LogP contribution in [0.3, 0.4) is 0 Å². The van der Waals surface area contributed by atoms with Gasteiger partial charge in [0, 0.05) is 18.4 Å². The molecule has 0 spiro atoms. The molecular weight excluding hydrogens is 240 g/mol. The Morgan fingerprint density at radius 2 is 2.12 bits per heavy atom. The van der Waals surface area contributed by atoms with Crippen molar-refractivity contribution in [1.82, 2.24) is 20.6 Å². The van der Waals surface area contributed by atoms with Gasteiger partial charge < -0.3 is 0 Å². The van der Waals surface area contributed by atoms with E-state index in [2.05, 4.69) is 20.6 Å². The largest absolute Gasteiger partial charge is 0.265 e. The molecule has 0 saturated carbocycles. The molecule has 0 aromatic carbocycles. The topological polar surface area (TPSA) is 83.1 Å². The van der Waals surface area contributed by atoms with Crippen molar-refractivity contribution in [2.24, 2.45) is 0 Å². The number of sulfonamides is 1. The fourth-order valence-corrected chi connectivity index (χ4v) is 2.50. The summed E-state index contributed by atoms with van der Waals surface area (Å²) < 4.78 is 25.4. The SMILES string of the molecule is CCS(=O)(=O)NC1CC(c2ccncc2)NN1. The lowest BCUT2D eigenvalue weighted by molar-refractivity contribution is 0.506. The maximum Gasteiger partial charge on any atom is 0.212 e. The van der Waals surface area contributed by atoms with Crippen molar-refractivity contribution in [2.45, 2.75) is 25.6 Å². The van der Waals surface area contributed by atoms with E-state index in [1.807, 2.05) is 12.1 Å². The average molecular weight is 256 g/mol. The van der Waals surface area contributed by atoms with E-state index in [0.29, 0.717) is 6.42 Å². The van der Waals surface area contributed by atoms with Gasteiger partial charge in [-0.05, 0) is 31.0 Å². The predicted molar refractivity (Wildman–Crippen MR) is 64.3 cm³/mol. The second-order valence-electron chi connectivity index (χ2n) is 3.93. The summed E-state index contributed by atoms with van der Waals surface area (Å²) in [4.78, 5) is 3.95. The first-order chi connectivity index (χ1) is 8.11. The van der Waals surface area contributed by atoms with Gasteiger partial charge in [0.15, 0.2) is 0 Å². The van der Waals surface area contributed by atoms with Crippen LogP contribution in [0.15, 0.2) is 24.5 Å². The number of pyridine rings is 1. The zero-order valence-corrected chi connectivity index (χ0v) is 10.4. The van der Waals surface area contributed by atoms with Crippen molar-refractivity contribution < 1.29 is 8.42 Å². The molecule has 7 heteroatoms. The minimum absolute atomic E-state index is 0.0884. The number of hydrogen-bond donors (Lipinski definition) is 3. The third-order valence-electron chi connectivity index (χ3n) is 2.71. The molecule has 0 aliphatic carbocycles. The highest BCUT2D eigenvalue weighted by molar-refractivity contribution is 7.89. The molecule has 1 aliphatic rings. The van der Waals surface area contributed by atoms with Gasteiger partial charge in [0.05, 0.1) is 11.9 Å². The number of rotatable bonds is 4. The van der Waals surface area contributed by atoms with Gasteiger partial charge in [-0.25, -0.2) is 19.3 Å². The molecule has 2 heterocycles.